The molecule has 0 saturated heterocycles. The van der Waals surface area contributed by atoms with Gasteiger partial charge in [-0.1, -0.05) is 48.5 Å². The number of hydrogen-bond acceptors (Lipinski definition) is 1. The molecule has 2 aromatic carbocycles. The molecule has 0 heterocycles. The molecule has 1 nitrogen and oxygen atoms in total. The van der Waals surface area contributed by atoms with Crippen molar-refractivity contribution in [3.8, 4) is 0 Å². The van der Waals surface area contributed by atoms with Crippen LogP contribution in [0.15, 0.2) is 54.6 Å². The monoisotopic (exact) mass is 243 g/mol. The number of anilines is 1. The van der Waals surface area contributed by atoms with Gasteiger partial charge in [0.1, 0.15) is 0 Å². The quantitative estimate of drug-likeness (QED) is 0.749. The van der Waals surface area contributed by atoms with E-state index in [-0.39, 0.29) is 7.92 Å². The van der Waals surface area contributed by atoms with Crippen LogP contribution in [0.5, 0.6) is 0 Å². The van der Waals surface area contributed by atoms with Crippen LogP contribution >= 0.6 is 7.92 Å². The van der Waals surface area contributed by atoms with Crippen LogP contribution in [-0.2, 0) is 0 Å². The molecule has 0 aliphatic carbocycles. The molecule has 17 heavy (non-hydrogen) atoms. The fourth-order valence-corrected chi connectivity index (χ4v) is 3.74. The molecule has 0 amide bonds. The van der Waals surface area contributed by atoms with E-state index in [0.29, 0.717) is 0 Å². The maximum Gasteiger partial charge on any atom is 0.0442 e. The Balaban J connectivity index is 2.41. The minimum absolute atomic E-state index is 0.266. The molecule has 2 aromatic rings. The zero-order valence-electron chi connectivity index (χ0n) is 10.6. The van der Waals surface area contributed by atoms with Crippen molar-refractivity contribution in [3.63, 3.8) is 0 Å². The van der Waals surface area contributed by atoms with Crippen LogP contribution < -0.4 is 15.5 Å². The molecular formula is C15H18NP. The van der Waals surface area contributed by atoms with E-state index in [1.54, 1.807) is 0 Å². The molecule has 2 heteroatoms. The Morgan fingerprint density at radius 2 is 1.41 bits per heavy atom. The Bertz CT molecular complexity index is 479. The van der Waals surface area contributed by atoms with E-state index in [1.165, 1.54) is 16.3 Å². The predicted molar refractivity (Wildman–Crippen MR) is 79.3 cm³/mol. The highest BCUT2D eigenvalue weighted by molar-refractivity contribution is 7.72. The summed E-state index contributed by atoms with van der Waals surface area (Å²) in [6.45, 7) is 2.33. The molecule has 0 aliphatic heterocycles. The molecule has 0 spiro atoms. The minimum atomic E-state index is -0.266. The summed E-state index contributed by atoms with van der Waals surface area (Å²) in [5.41, 5.74) is 1.32. The fourth-order valence-electron chi connectivity index (χ4n) is 1.92. The molecule has 0 bridgehead atoms. The summed E-state index contributed by atoms with van der Waals surface area (Å²) in [5.74, 6) is 0. The van der Waals surface area contributed by atoms with E-state index in [0.717, 1.165) is 0 Å². The molecule has 1 atom stereocenters. The average Bonchev–Trinajstić information content (AvgIpc) is 2.39. The molecule has 0 radical (unpaired) electrons. The predicted octanol–water partition coefficient (Wildman–Crippen LogP) is 2.82. The number of para-hydroxylation sites is 1. The van der Waals surface area contributed by atoms with Crippen LogP contribution in [0.4, 0.5) is 5.69 Å². The summed E-state index contributed by atoms with van der Waals surface area (Å²) < 4.78 is 0. The molecule has 0 N–H and O–H groups in total. The van der Waals surface area contributed by atoms with E-state index < -0.39 is 0 Å². The summed E-state index contributed by atoms with van der Waals surface area (Å²) in [5, 5.41) is 2.87. The van der Waals surface area contributed by atoms with Crippen LogP contribution in [0.2, 0.25) is 0 Å². The van der Waals surface area contributed by atoms with Gasteiger partial charge in [-0.05, 0) is 26.0 Å². The van der Waals surface area contributed by atoms with E-state index >= 15 is 0 Å². The molecule has 0 aromatic heterocycles. The van der Waals surface area contributed by atoms with Crippen molar-refractivity contribution in [3.05, 3.63) is 54.6 Å². The van der Waals surface area contributed by atoms with Crippen LogP contribution in [0.3, 0.4) is 0 Å². The van der Waals surface area contributed by atoms with E-state index in [2.05, 4.69) is 80.3 Å². The summed E-state index contributed by atoms with van der Waals surface area (Å²) >= 11 is 0. The number of rotatable bonds is 3. The topological polar surface area (TPSA) is 3.24 Å². The Morgan fingerprint density at radius 1 is 0.824 bits per heavy atom. The van der Waals surface area contributed by atoms with Crippen molar-refractivity contribution in [2.45, 2.75) is 0 Å². The lowest BCUT2D eigenvalue weighted by atomic mass is 10.3. The van der Waals surface area contributed by atoms with E-state index in [4.69, 9.17) is 0 Å². The van der Waals surface area contributed by atoms with Crippen molar-refractivity contribution >= 4 is 24.2 Å². The van der Waals surface area contributed by atoms with E-state index in [1.807, 2.05) is 0 Å². The second-order valence-electron chi connectivity index (χ2n) is 4.28. The molecule has 0 saturated carbocycles. The van der Waals surface area contributed by atoms with Crippen LogP contribution in [0.25, 0.3) is 0 Å². The Labute approximate surface area is 105 Å². The zero-order valence-corrected chi connectivity index (χ0v) is 11.5. The second-order valence-corrected chi connectivity index (χ2v) is 6.39. The number of benzene rings is 2. The highest BCUT2D eigenvalue weighted by atomic mass is 31.1. The van der Waals surface area contributed by atoms with Crippen LogP contribution in [0, 0.1) is 0 Å². The van der Waals surface area contributed by atoms with Crippen molar-refractivity contribution in [1.82, 2.24) is 0 Å². The third kappa shape index (κ3) is 2.68. The maximum absolute atomic E-state index is 2.33. The number of nitrogens with zero attached hydrogens (tertiary/aromatic N) is 1. The first kappa shape index (κ1) is 12.1. The van der Waals surface area contributed by atoms with Gasteiger partial charge in [0.25, 0.3) is 0 Å². The Morgan fingerprint density at radius 3 is 2.06 bits per heavy atom. The molecule has 1 unspecified atom stereocenters. The molecule has 0 fully saturated rings. The van der Waals surface area contributed by atoms with Gasteiger partial charge in [0.2, 0.25) is 0 Å². The largest absolute Gasteiger partial charge is 0.377 e. The van der Waals surface area contributed by atoms with Gasteiger partial charge < -0.3 is 4.90 Å². The van der Waals surface area contributed by atoms with Gasteiger partial charge in [-0.2, -0.15) is 0 Å². The average molecular weight is 243 g/mol. The van der Waals surface area contributed by atoms with Crippen LogP contribution in [0.1, 0.15) is 0 Å². The van der Waals surface area contributed by atoms with Crippen LogP contribution in [-0.4, -0.2) is 20.8 Å². The summed E-state index contributed by atoms with van der Waals surface area (Å²) in [6, 6.07) is 19.4. The normalized spacial score (nSPS) is 12.2. The van der Waals surface area contributed by atoms with Crippen molar-refractivity contribution < 1.29 is 0 Å². The molecule has 88 valence electrons. The first-order chi connectivity index (χ1) is 8.20. The van der Waals surface area contributed by atoms with Crippen molar-refractivity contribution in [2.24, 2.45) is 0 Å². The van der Waals surface area contributed by atoms with Gasteiger partial charge in [-0.3, -0.25) is 0 Å². The van der Waals surface area contributed by atoms with Gasteiger partial charge in [0.15, 0.2) is 0 Å². The molecular weight excluding hydrogens is 225 g/mol. The van der Waals surface area contributed by atoms with Crippen molar-refractivity contribution in [2.75, 3.05) is 25.7 Å². The minimum Gasteiger partial charge on any atom is -0.377 e. The summed E-state index contributed by atoms with van der Waals surface area (Å²) in [6.07, 6.45) is 0. The third-order valence-corrected chi connectivity index (χ3v) is 5.04. The lowest BCUT2D eigenvalue weighted by molar-refractivity contribution is 1.14. The smallest absolute Gasteiger partial charge is 0.0442 e. The Hall–Kier alpha value is -1.33. The van der Waals surface area contributed by atoms with Crippen molar-refractivity contribution in [1.29, 1.82) is 0 Å². The lowest BCUT2D eigenvalue weighted by Crippen LogP contribution is -2.20. The summed E-state index contributed by atoms with van der Waals surface area (Å²) in [4.78, 5) is 2.19. The SMILES string of the molecule is CN(C)c1ccccc1P(C)c1ccccc1. The highest BCUT2D eigenvalue weighted by Crippen LogP contribution is 2.32. The molecule has 0 aliphatic rings. The summed E-state index contributed by atoms with van der Waals surface area (Å²) in [7, 11) is 3.94. The molecule has 2 rings (SSSR count). The first-order valence-corrected chi connectivity index (χ1v) is 7.54. The maximum atomic E-state index is 2.33. The number of hydrogen-bond donors (Lipinski definition) is 0. The van der Waals surface area contributed by atoms with Gasteiger partial charge in [-0.25, -0.2) is 0 Å². The Kier molecular flexibility index (Phi) is 3.81. The first-order valence-electron chi connectivity index (χ1n) is 5.75. The van der Waals surface area contributed by atoms with E-state index in [9.17, 15) is 0 Å². The van der Waals surface area contributed by atoms with Gasteiger partial charge >= 0.3 is 0 Å². The van der Waals surface area contributed by atoms with Gasteiger partial charge in [-0.15, -0.1) is 0 Å². The third-order valence-electron chi connectivity index (χ3n) is 2.87. The van der Waals surface area contributed by atoms with Gasteiger partial charge in [0.05, 0.1) is 0 Å². The standard InChI is InChI=1S/C15H18NP/c1-16(2)14-11-7-8-12-15(14)17(3)13-9-5-4-6-10-13/h4-12H,1-3H3. The second kappa shape index (κ2) is 5.33. The van der Waals surface area contributed by atoms with Gasteiger partial charge in [0, 0.05) is 25.1 Å². The zero-order chi connectivity index (χ0) is 12.3. The lowest BCUT2D eigenvalue weighted by Gasteiger charge is -2.22. The highest BCUT2D eigenvalue weighted by Gasteiger charge is 2.12. The fraction of sp³-hybridized carbons (Fsp3) is 0.200.